The SMILES string of the molecule is CN(Cc1ccncc1)C[C@H]1CCCN1C(=O)OC(C)(C)C. The van der Waals surface area contributed by atoms with E-state index in [0.717, 1.165) is 32.5 Å². The van der Waals surface area contributed by atoms with Crippen LogP contribution in [0, 0.1) is 0 Å². The van der Waals surface area contributed by atoms with Gasteiger partial charge in [-0.15, -0.1) is 0 Å². The van der Waals surface area contributed by atoms with Crippen LogP contribution in [-0.4, -0.2) is 52.7 Å². The van der Waals surface area contributed by atoms with Crippen LogP contribution < -0.4 is 0 Å². The number of aromatic nitrogens is 1. The van der Waals surface area contributed by atoms with E-state index in [0.29, 0.717) is 0 Å². The van der Waals surface area contributed by atoms with E-state index < -0.39 is 5.60 Å². The Morgan fingerprint density at radius 2 is 2.09 bits per heavy atom. The number of nitrogens with zero attached hydrogens (tertiary/aromatic N) is 3. The number of carbonyl (C=O) groups excluding carboxylic acids is 1. The minimum absolute atomic E-state index is 0.188. The van der Waals surface area contributed by atoms with E-state index in [1.807, 2.05) is 50.2 Å². The van der Waals surface area contributed by atoms with Gasteiger partial charge in [0.1, 0.15) is 5.60 Å². The van der Waals surface area contributed by atoms with Crippen LogP contribution in [0.5, 0.6) is 0 Å². The Morgan fingerprint density at radius 1 is 1.41 bits per heavy atom. The lowest BCUT2D eigenvalue weighted by Crippen LogP contribution is -2.44. The lowest BCUT2D eigenvalue weighted by molar-refractivity contribution is 0.0201. The normalized spacial score (nSPS) is 18.8. The number of amides is 1. The van der Waals surface area contributed by atoms with Crippen molar-refractivity contribution in [2.24, 2.45) is 0 Å². The van der Waals surface area contributed by atoms with Gasteiger partial charge in [0.25, 0.3) is 0 Å². The third-order valence-electron chi connectivity index (χ3n) is 3.73. The Balaban J connectivity index is 1.89. The van der Waals surface area contributed by atoms with E-state index in [-0.39, 0.29) is 12.1 Å². The van der Waals surface area contributed by atoms with Gasteiger partial charge in [-0.2, -0.15) is 0 Å². The molecule has 122 valence electrons. The summed E-state index contributed by atoms with van der Waals surface area (Å²) in [5.41, 5.74) is 0.798. The third kappa shape index (κ3) is 4.98. The Kier molecular flexibility index (Phi) is 5.40. The fraction of sp³-hybridized carbons (Fsp3) is 0.647. The van der Waals surface area contributed by atoms with E-state index in [4.69, 9.17) is 4.74 Å². The molecule has 2 rings (SSSR count). The molecule has 1 atom stereocenters. The number of pyridine rings is 1. The average molecular weight is 305 g/mol. The van der Waals surface area contributed by atoms with E-state index in [9.17, 15) is 4.79 Å². The molecule has 0 radical (unpaired) electrons. The minimum Gasteiger partial charge on any atom is -0.444 e. The number of likely N-dealkylation sites (N-methyl/N-ethyl adjacent to an activating group) is 1. The van der Waals surface area contributed by atoms with Gasteiger partial charge in [0.15, 0.2) is 0 Å². The molecule has 22 heavy (non-hydrogen) atoms. The van der Waals surface area contributed by atoms with Gasteiger partial charge >= 0.3 is 6.09 Å². The molecule has 1 saturated heterocycles. The summed E-state index contributed by atoms with van der Waals surface area (Å²) in [6.07, 6.45) is 5.53. The highest BCUT2D eigenvalue weighted by atomic mass is 16.6. The van der Waals surface area contributed by atoms with Crippen LogP contribution in [0.1, 0.15) is 39.2 Å². The first-order chi connectivity index (χ1) is 10.3. The highest BCUT2D eigenvalue weighted by Crippen LogP contribution is 2.21. The van der Waals surface area contributed by atoms with Gasteiger partial charge in [-0.3, -0.25) is 4.98 Å². The van der Waals surface area contributed by atoms with E-state index in [2.05, 4.69) is 16.9 Å². The van der Waals surface area contributed by atoms with Crippen LogP contribution in [0.3, 0.4) is 0 Å². The summed E-state index contributed by atoms with van der Waals surface area (Å²) in [4.78, 5) is 20.5. The molecule has 1 aromatic heterocycles. The summed E-state index contributed by atoms with van der Waals surface area (Å²) < 4.78 is 5.51. The largest absolute Gasteiger partial charge is 0.444 e. The second-order valence-corrected chi connectivity index (χ2v) is 7.02. The number of hydrogen-bond acceptors (Lipinski definition) is 4. The average Bonchev–Trinajstić information content (AvgIpc) is 2.86. The standard InChI is InChI=1S/C17H27N3O2/c1-17(2,3)22-16(21)20-11-5-6-15(20)13-19(4)12-14-7-9-18-10-8-14/h7-10,15H,5-6,11-13H2,1-4H3/t15-/m1/s1. The zero-order chi connectivity index (χ0) is 16.2. The Hall–Kier alpha value is -1.62. The molecule has 1 aromatic rings. The fourth-order valence-electron chi connectivity index (χ4n) is 2.81. The number of hydrogen-bond donors (Lipinski definition) is 0. The van der Waals surface area contributed by atoms with Crippen molar-refractivity contribution in [2.75, 3.05) is 20.1 Å². The molecule has 5 heteroatoms. The van der Waals surface area contributed by atoms with Gasteiger partial charge in [0, 0.05) is 38.1 Å². The molecule has 0 bridgehead atoms. The smallest absolute Gasteiger partial charge is 0.410 e. The molecule has 1 aliphatic rings. The minimum atomic E-state index is -0.437. The molecule has 1 amide bonds. The summed E-state index contributed by atoms with van der Waals surface area (Å²) in [6.45, 7) is 8.24. The summed E-state index contributed by atoms with van der Waals surface area (Å²) in [7, 11) is 2.09. The van der Waals surface area contributed by atoms with E-state index in [1.165, 1.54) is 5.56 Å². The number of rotatable bonds is 4. The molecule has 1 fully saturated rings. The second kappa shape index (κ2) is 7.09. The highest BCUT2D eigenvalue weighted by molar-refractivity contribution is 5.69. The van der Waals surface area contributed by atoms with Crippen molar-refractivity contribution < 1.29 is 9.53 Å². The van der Waals surface area contributed by atoms with Crippen molar-refractivity contribution in [1.82, 2.24) is 14.8 Å². The lowest BCUT2D eigenvalue weighted by Gasteiger charge is -2.31. The summed E-state index contributed by atoms with van der Waals surface area (Å²) in [5, 5.41) is 0. The zero-order valence-electron chi connectivity index (χ0n) is 14.1. The zero-order valence-corrected chi connectivity index (χ0v) is 14.1. The Labute approximate surface area is 133 Å². The van der Waals surface area contributed by atoms with Crippen LogP contribution in [0.25, 0.3) is 0 Å². The first kappa shape index (κ1) is 16.7. The van der Waals surface area contributed by atoms with Gasteiger partial charge in [0.05, 0.1) is 0 Å². The number of carbonyl (C=O) groups is 1. The first-order valence-electron chi connectivity index (χ1n) is 7.92. The van der Waals surface area contributed by atoms with Crippen molar-refractivity contribution in [2.45, 2.75) is 51.8 Å². The fourth-order valence-corrected chi connectivity index (χ4v) is 2.81. The lowest BCUT2D eigenvalue weighted by atomic mass is 10.2. The quantitative estimate of drug-likeness (QED) is 0.858. The van der Waals surface area contributed by atoms with Crippen molar-refractivity contribution in [1.29, 1.82) is 0 Å². The van der Waals surface area contributed by atoms with Crippen LogP contribution in [0.15, 0.2) is 24.5 Å². The molecule has 0 aromatic carbocycles. The maximum Gasteiger partial charge on any atom is 0.410 e. The Morgan fingerprint density at radius 3 is 2.73 bits per heavy atom. The molecule has 0 aliphatic carbocycles. The maximum atomic E-state index is 12.3. The van der Waals surface area contributed by atoms with Crippen LogP contribution in [0.4, 0.5) is 4.79 Å². The number of likely N-dealkylation sites (tertiary alicyclic amines) is 1. The van der Waals surface area contributed by atoms with Gasteiger partial charge in [-0.1, -0.05) is 0 Å². The Bertz CT molecular complexity index is 484. The predicted molar refractivity (Wildman–Crippen MR) is 86.5 cm³/mol. The molecule has 2 heterocycles. The molecule has 0 unspecified atom stereocenters. The molecule has 5 nitrogen and oxygen atoms in total. The molecular formula is C17H27N3O2. The monoisotopic (exact) mass is 305 g/mol. The van der Waals surface area contributed by atoms with Crippen molar-refractivity contribution in [3.8, 4) is 0 Å². The molecule has 1 aliphatic heterocycles. The highest BCUT2D eigenvalue weighted by Gasteiger charge is 2.32. The molecular weight excluding hydrogens is 278 g/mol. The van der Waals surface area contributed by atoms with Crippen LogP contribution in [-0.2, 0) is 11.3 Å². The van der Waals surface area contributed by atoms with Gasteiger partial charge < -0.3 is 14.5 Å². The van der Waals surface area contributed by atoms with E-state index >= 15 is 0 Å². The topological polar surface area (TPSA) is 45.7 Å². The second-order valence-electron chi connectivity index (χ2n) is 7.02. The van der Waals surface area contributed by atoms with Crippen molar-refractivity contribution in [3.63, 3.8) is 0 Å². The predicted octanol–water partition coefficient (Wildman–Crippen LogP) is 2.91. The van der Waals surface area contributed by atoms with Crippen LogP contribution in [0.2, 0.25) is 0 Å². The molecule has 0 saturated carbocycles. The number of ether oxygens (including phenoxy) is 1. The molecule has 0 spiro atoms. The molecule has 0 N–H and O–H groups in total. The summed E-state index contributed by atoms with van der Waals surface area (Å²) >= 11 is 0. The first-order valence-corrected chi connectivity index (χ1v) is 7.92. The van der Waals surface area contributed by atoms with Gasteiger partial charge in [-0.05, 0) is 58.4 Å². The van der Waals surface area contributed by atoms with Crippen LogP contribution >= 0.6 is 0 Å². The van der Waals surface area contributed by atoms with Crippen molar-refractivity contribution in [3.05, 3.63) is 30.1 Å². The van der Waals surface area contributed by atoms with E-state index in [1.54, 1.807) is 0 Å². The third-order valence-corrected chi connectivity index (χ3v) is 3.73. The van der Waals surface area contributed by atoms with Gasteiger partial charge in [-0.25, -0.2) is 4.79 Å². The van der Waals surface area contributed by atoms with Crippen molar-refractivity contribution >= 4 is 6.09 Å². The summed E-state index contributed by atoms with van der Waals surface area (Å²) in [6, 6.07) is 4.29. The van der Waals surface area contributed by atoms with Gasteiger partial charge in [0.2, 0.25) is 0 Å². The maximum absolute atomic E-state index is 12.3. The summed E-state index contributed by atoms with van der Waals surface area (Å²) in [5.74, 6) is 0.